The van der Waals surface area contributed by atoms with Gasteiger partial charge < -0.3 is 0 Å². The lowest BCUT2D eigenvalue weighted by atomic mass is 10.5. The van der Waals surface area contributed by atoms with Gasteiger partial charge in [-0.25, -0.2) is 4.57 Å². The molecule has 13 heavy (non-hydrogen) atoms. The maximum Gasteiger partial charge on any atom is 0.513 e. The van der Waals surface area contributed by atoms with Gasteiger partial charge in [0.2, 0.25) is 0 Å². The van der Waals surface area contributed by atoms with Crippen molar-refractivity contribution >= 4 is 7.91 Å². The number of nitrogens with zero attached hydrogens (tertiary/aromatic N) is 2. The number of nitriles is 2. The first kappa shape index (κ1) is 12.1. The molecule has 0 aliphatic carbocycles. The van der Waals surface area contributed by atoms with E-state index in [4.69, 9.17) is 10.5 Å². The second-order valence-corrected chi connectivity index (χ2v) is 3.29. The SMILES string of the molecule is N#CCCOP(=O)(F)OCCC#N. The van der Waals surface area contributed by atoms with E-state index in [-0.39, 0.29) is 26.1 Å². The van der Waals surface area contributed by atoms with Crippen molar-refractivity contribution < 1.29 is 17.8 Å². The van der Waals surface area contributed by atoms with Gasteiger partial charge in [-0.15, -0.1) is 4.20 Å². The molecule has 0 heterocycles. The predicted octanol–water partition coefficient (Wildman–Crippen LogP) is 1.92. The molecule has 0 unspecified atom stereocenters. The van der Waals surface area contributed by atoms with Crippen molar-refractivity contribution in [2.75, 3.05) is 13.2 Å². The molecule has 7 heteroatoms. The third kappa shape index (κ3) is 7.42. The Morgan fingerprint density at radius 3 is 1.85 bits per heavy atom. The normalized spacial score (nSPS) is 10.4. The minimum Gasteiger partial charge on any atom is -0.283 e. The highest BCUT2D eigenvalue weighted by Crippen LogP contribution is 2.49. The summed E-state index contributed by atoms with van der Waals surface area (Å²) in [7, 11) is -4.55. The van der Waals surface area contributed by atoms with Crippen LogP contribution >= 0.6 is 7.91 Å². The Hall–Kier alpha value is -0.940. The minimum absolute atomic E-state index is 0.0600. The quantitative estimate of drug-likeness (QED) is 0.489. The van der Waals surface area contributed by atoms with E-state index >= 15 is 0 Å². The third-order valence-corrected chi connectivity index (χ3v) is 1.90. The molecule has 0 amide bonds. The summed E-state index contributed by atoms with van der Waals surface area (Å²) in [5.74, 6) is 0. The lowest BCUT2D eigenvalue weighted by molar-refractivity contribution is 0.180. The molecule has 0 aromatic carbocycles. The zero-order valence-corrected chi connectivity index (χ0v) is 7.67. The van der Waals surface area contributed by atoms with Gasteiger partial charge >= 0.3 is 7.91 Å². The molecule has 0 aromatic rings. The Morgan fingerprint density at radius 1 is 1.15 bits per heavy atom. The Morgan fingerprint density at radius 2 is 1.54 bits per heavy atom. The molecule has 0 aliphatic heterocycles. The van der Waals surface area contributed by atoms with Crippen LogP contribution in [0.2, 0.25) is 0 Å². The van der Waals surface area contributed by atoms with Gasteiger partial charge in [0, 0.05) is 0 Å². The van der Waals surface area contributed by atoms with E-state index in [0.29, 0.717) is 0 Å². The summed E-state index contributed by atoms with van der Waals surface area (Å²) in [5.41, 5.74) is 0. The van der Waals surface area contributed by atoms with E-state index in [2.05, 4.69) is 9.05 Å². The van der Waals surface area contributed by atoms with Crippen molar-refractivity contribution in [1.29, 1.82) is 10.5 Å². The van der Waals surface area contributed by atoms with E-state index in [1.54, 1.807) is 12.1 Å². The molecule has 0 fully saturated rings. The van der Waals surface area contributed by atoms with Crippen molar-refractivity contribution in [2.24, 2.45) is 0 Å². The predicted molar refractivity (Wildman–Crippen MR) is 41.1 cm³/mol. The van der Waals surface area contributed by atoms with Gasteiger partial charge in [0.15, 0.2) is 0 Å². The van der Waals surface area contributed by atoms with Gasteiger partial charge in [0.25, 0.3) is 0 Å². The Labute approximate surface area is 75.3 Å². The van der Waals surface area contributed by atoms with E-state index in [0.717, 1.165) is 0 Å². The van der Waals surface area contributed by atoms with Gasteiger partial charge in [-0.3, -0.25) is 9.05 Å². The van der Waals surface area contributed by atoms with E-state index in [1.165, 1.54) is 0 Å². The zero-order valence-electron chi connectivity index (χ0n) is 6.77. The maximum atomic E-state index is 12.6. The monoisotopic (exact) mass is 206 g/mol. The third-order valence-electron chi connectivity index (χ3n) is 0.919. The van der Waals surface area contributed by atoms with Crippen molar-refractivity contribution in [1.82, 2.24) is 0 Å². The van der Waals surface area contributed by atoms with Crippen LogP contribution in [0, 0.1) is 22.7 Å². The summed E-state index contributed by atoms with van der Waals surface area (Å²) >= 11 is 0. The number of halogens is 1. The number of hydrogen-bond acceptors (Lipinski definition) is 5. The zero-order chi connectivity index (χ0) is 10.2. The molecule has 0 spiro atoms. The summed E-state index contributed by atoms with van der Waals surface area (Å²) in [6.07, 6.45) is -0.120. The Bertz CT molecular complexity index is 246. The average Bonchev–Trinajstić information content (AvgIpc) is 2.05. The van der Waals surface area contributed by atoms with Crippen molar-refractivity contribution in [3.8, 4) is 12.1 Å². The average molecular weight is 206 g/mol. The summed E-state index contributed by atoms with van der Waals surface area (Å²) in [6, 6.07) is 3.37. The first-order chi connectivity index (χ1) is 6.12. The van der Waals surface area contributed by atoms with Crippen LogP contribution in [0.15, 0.2) is 0 Å². The molecule has 0 saturated carbocycles. The number of hydrogen-bond donors (Lipinski definition) is 0. The molecular weight excluding hydrogens is 198 g/mol. The Kier molecular flexibility index (Phi) is 6.09. The molecule has 0 rings (SSSR count). The topological polar surface area (TPSA) is 83.1 Å². The van der Waals surface area contributed by atoms with Crippen LogP contribution in [-0.2, 0) is 13.6 Å². The van der Waals surface area contributed by atoms with Crippen LogP contribution in [0.25, 0.3) is 0 Å². The van der Waals surface area contributed by atoms with Crippen LogP contribution in [-0.4, -0.2) is 13.2 Å². The van der Waals surface area contributed by atoms with Crippen LogP contribution in [0.1, 0.15) is 12.8 Å². The molecule has 0 aromatic heterocycles. The summed E-state index contributed by atoms with van der Waals surface area (Å²) in [5, 5.41) is 16.1. The molecule has 0 aliphatic rings. The van der Waals surface area contributed by atoms with Crippen LogP contribution in [0.3, 0.4) is 0 Å². The van der Waals surface area contributed by atoms with Crippen LogP contribution < -0.4 is 0 Å². The first-order valence-corrected chi connectivity index (χ1v) is 4.88. The second kappa shape index (κ2) is 6.56. The van der Waals surface area contributed by atoms with Gasteiger partial charge in [-0.1, -0.05) is 0 Å². The smallest absolute Gasteiger partial charge is 0.283 e. The van der Waals surface area contributed by atoms with Crippen LogP contribution in [0.4, 0.5) is 4.20 Å². The summed E-state index contributed by atoms with van der Waals surface area (Å²) in [6.45, 7) is -0.562. The summed E-state index contributed by atoms with van der Waals surface area (Å²) < 4.78 is 31.6. The molecule has 0 radical (unpaired) electrons. The molecule has 5 nitrogen and oxygen atoms in total. The molecular formula is C6H8FN2O3P. The molecule has 0 bridgehead atoms. The fourth-order valence-corrected chi connectivity index (χ4v) is 1.13. The lowest BCUT2D eigenvalue weighted by Gasteiger charge is -2.06. The van der Waals surface area contributed by atoms with E-state index in [1.807, 2.05) is 0 Å². The van der Waals surface area contributed by atoms with Gasteiger partial charge in [0.05, 0.1) is 38.2 Å². The fourth-order valence-electron chi connectivity index (χ4n) is 0.438. The highest BCUT2D eigenvalue weighted by molar-refractivity contribution is 7.48. The summed E-state index contributed by atoms with van der Waals surface area (Å²) in [4.78, 5) is 0. The van der Waals surface area contributed by atoms with Crippen molar-refractivity contribution in [3.05, 3.63) is 0 Å². The highest BCUT2D eigenvalue weighted by Gasteiger charge is 2.22. The Balaban J connectivity index is 3.63. The largest absolute Gasteiger partial charge is 0.513 e. The second-order valence-electron chi connectivity index (χ2n) is 1.91. The maximum absolute atomic E-state index is 12.6. The molecule has 72 valence electrons. The first-order valence-electron chi connectivity index (χ1n) is 3.45. The number of rotatable bonds is 6. The standard InChI is InChI=1S/C6H8FN2O3P/c7-13(10,11-5-1-3-8)12-6-2-4-9/h1-2,5-6H2. The molecule has 0 saturated heterocycles. The van der Waals surface area contributed by atoms with E-state index < -0.39 is 7.91 Å². The van der Waals surface area contributed by atoms with E-state index in [9.17, 15) is 8.76 Å². The molecule has 0 N–H and O–H groups in total. The van der Waals surface area contributed by atoms with Crippen LogP contribution in [0.5, 0.6) is 0 Å². The van der Waals surface area contributed by atoms with Gasteiger partial charge in [0.1, 0.15) is 0 Å². The fraction of sp³-hybridized carbons (Fsp3) is 0.667. The highest BCUT2D eigenvalue weighted by atomic mass is 31.2. The van der Waals surface area contributed by atoms with Crippen molar-refractivity contribution in [2.45, 2.75) is 12.8 Å². The molecule has 0 atom stereocenters. The lowest BCUT2D eigenvalue weighted by Crippen LogP contribution is -1.94. The van der Waals surface area contributed by atoms with Crippen molar-refractivity contribution in [3.63, 3.8) is 0 Å². The minimum atomic E-state index is -4.55. The van der Waals surface area contributed by atoms with Gasteiger partial charge in [-0.05, 0) is 0 Å². The van der Waals surface area contributed by atoms with Gasteiger partial charge in [-0.2, -0.15) is 10.5 Å².